The molecule has 2 aromatic rings. The molecule has 1 fully saturated rings. The molecular weight excluding hydrogens is 312 g/mol. The smallest absolute Gasteiger partial charge is 0.257 e. The fraction of sp³-hybridized carbons (Fsp3) is 0.278. The molecule has 1 amide bonds. The third kappa shape index (κ3) is 3.66. The molecule has 1 saturated heterocycles. The molecule has 23 heavy (non-hydrogen) atoms. The molecule has 1 aliphatic rings. The Labute approximate surface area is 141 Å². The molecule has 0 aromatic heterocycles. The van der Waals surface area contributed by atoms with Crippen molar-refractivity contribution in [3.05, 3.63) is 58.6 Å². The molecule has 120 valence electrons. The SMILES string of the molecule is Cc1ccc(C(=O)Nc2ccccc2N2CCOCC2)c(Cl)c1. The standard InChI is InChI=1S/C18H19ClN2O2/c1-13-6-7-14(15(19)12-13)18(22)20-16-4-2-3-5-17(16)21-8-10-23-11-9-21/h2-7,12H,8-11H2,1H3,(H,20,22). The minimum atomic E-state index is -0.198. The molecule has 0 radical (unpaired) electrons. The summed E-state index contributed by atoms with van der Waals surface area (Å²) in [5.41, 5.74) is 3.30. The minimum absolute atomic E-state index is 0.198. The Hall–Kier alpha value is -2.04. The fourth-order valence-corrected chi connectivity index (χ4v) is 2.97. The summed E-state index contributed by atoms with van der Waals surface area (Å²) in [7, 11) is 0. The first kappa shape index (κ1) is 15.8. The van der Waals surface area contributed by atoms with E-state index >= 15 is 0 Å². The first-order chi connectivity index (χ1) is 11.1. The molecule has 0 bridgehead atoms. The highest BCUT2D eigenvalue weighted by atomic mass is 35.5. The van der Waals surface area contributed by atoms with Crippen LogP contribution >= 0.6 is 11.6 Å². The number of rotatable bonds is 3. The maximum Gasteiger partial charge on any atom is 0.257 e. The number of para-hydroxylation sites is 2. The number of nitrogens with one attached hydrogen (secondary N) is 1. The van der Waals surface area contributed by atoms with E-state index in [1.165, 1.54) is 0 Å². The number of halogens is 1. The van der Waals surface area contributed by atoms with Gasteiger partial charge in [-0.3, -0.25) is 4.79 Å². The summed E-state index contributed by atoms with van der Waals surface area (Å²) in [6.45, 7) is 4.98. The third-order valence-corrected chi connectivity index (χ3v) is 4.19. The van der Waals surface area contributed by atoms with Gasteiger partial charge in [-0.05, 0) is 36.8 Å². The number of nitrogens with zero attached hydrogens (tertiary/aromatic N) is 1. The van der Waals surface area contributed by atoms with Crippen molar-refractivity contribution < 1.29 is 9.53 Å². The largest absolute Gasteiger partial charge is 0.378 e. The second-order valence-electron chi connectivity index (χ2n) is 5.55. The molecule has 1 aliphatic heterocycles. The average molecular weight is 331 g/mol. The summed E-state index contributed by atoms with van der Waals surface area (Å²) in [5, 5.41) is 3.44. The number of amides is 1. The van der Waals surface area contributed by atoms with Crippen molar-refractivity contribution in [1.82, 2.24) is 0 Å². The molecule has 0 unspecified atom stereocenters. The van der Waals surface area contributed by atoms with Gasteiger partial charge in [0, 0.05) is 13.1 Å². The lowest BCUT2D eigenvalue weighted by atomic mass is 10.1. The zero-order chi connectivity index (χ0) is 16.2. The average Bonchev–Trinajstić information content (AvgIpc) is 2.56. The summed E-state index contributed by atoms with van der Waals surface area (Å²) in [6, 6.07) is 13.2. The summed E-state index contributed by atoms with van der Waals surface area (Å²) in [6.07, 6.45) is 0. The molecule has 4 nitrogen and oxygen atoms in total. The Morgan fingerprint density at radius 1 is 1.17 bits per heavy atom. The van der Waals surface area contributed by atoms with Gasteiger partial charge in [-0.1, -0.05) is 29.8 Å². The van der Waals surface area contributed by atoms with Crippen LogP contribution in [0.15, 0.2) is 42.5 Å². The van der Waals surface area contributed by atoms with Gasteiger partial charge in [-0.15, -0.1) is 0 Å². The Morgan fingerprint density at radius 2 is 1.91 bits per heavy atom. The highest BCUT2D eigenvalue weighted by Crippen LogP contribution is 2.27. The zero-order valence-corrected chi connectivity index (χ0v) is 13.8. The van der Waals surface area contributed by atoms with Crippen LogP contribution in [0.2, 0.25) is 5.02 Å². The van der Waals surface area contributed by atoms with Gasteiger partial charge in [0.2, 0.25) is 0 Å². The maximum absolute atomic E-state index is 12.5. The molecule has 0 atom stereocenters. The fourth-order valence-electron chi connectivity index (χ4n) is 2.65. The van der Waals surface area contributed by atoms with Gasteiger partial charge in [0.1, 0.15) is 0 Å². The lowest BCUT2D eigenvalue weighted by Crippen LogP contribution is -2.36. The van der Waals surface area contributed by atoms with E-state index in [0.717, 1.165) is 30.0 Å². The van der Waals surface area contributed by atoms with E-state index in [1.807, 2.05) is 37.3 Å². The number of ether oxygens (including phenoxy) is 1. The number of anilines is 2. The Balaban J connectivity index is 1.83. The van der Waals surface area contributed by atoms with Gasteiger partial charge in [0.05, 0.1) is 35.2 Å². The van der Waals surface area contributed by atoms with Gasteiger partial charge in [0.25, 0.3) is 5.91 Å². The van der Waals surface area contributed by atoms with Gasteiger partial charge in [0.15, 0.2) is 0 Å². The van der Waals surface area contributed by atoms with Crippen LogP contribution in [-0.2, 0) is 4.74 Å². The van der Waals surface area contributed by atoms with E-state index in [4.69, 9.17) is 16.3 Å². The van der Waals surface area contributed by atoms with Crippen molar-refractivity contribution in [2.24, 2.45) is 0 Å². The van der Waals surface area contributed by atoms with Crippen molar-refractivity contribution in [3.8, 4) is 0 Å². The van der Waals surface area contributed by atoms with Gasteiger partial charge in [-0.2, -0.15) is 0 Å². The molecule has 2 aromatic carbocycles. The first-order valence-electron chi connectivity index (χ1n) is 7.64. The van der Waals surface area contributed by atoms with Crippen LogP contribution in [0.5, 0.6) is 0 Å². The second kappa shape index (κ2) is 7.02. The van der Waals surface area contributed by atoms with Crippen LogP contribution in [0.3, 0.4) is 0 Å². The lowest BCUT2D eigenvalue weighted by Gasteiger charge is -2.30. The van der Waals surface area contributed by atoms with Crippen LogP contribution in [0.25, 0.3) is 0 Å². The predicted molar refractivity (Wildman–Crippen MR) is 93.6 cm³/mol. The lowest BCUT2D eigenvalue weighted by molar-refractivity contribution is 0.102. The van der Waals surface area contributed by atoms with Crippen molar-refractivity contribution in [1.29, 1.82) is 0 Å². The van der Waals surface area contributed by atoms with Crippen LogP contribution in [-0.4, -0.2) is 32.2 Å². The molecule has 3 rings (SSSR count). The van der Waals surface area contributed by atoms with Gasteiger partial charge < -0.3 is 15.0 Å². The Morgan fingerprint density at radius 3 is 2.65 bits per heavy atom. The predicted octanol–water partition coefficient (Wildman–Crippen LogP) is 3.74. The van der Waals surface area contributed by atoms with Gasteiger partial charge >= 0.3 is 0 Å². The molecule has 0 spiro atoms. The summed E-state index contributed by atoms with van der Waals surface area (Å²) in [4.78, 5) is 14.8. The number of morpholine rings is 1. The van der Waals surface area contributed by atoms with Gasteiger partial charge in [-0.25, -0.2) is 0 Å². The quantitative estimate of drug-likeness (QED) is 0.932. The number of carbonyl (C=O) groups is 1. The van der Waals surface area contributed by atoms with E-state index in [1.54, 1.807) is 12.1 Å². The molecule has 1 heterocycles. The molecule has 5 heteroatoms. The zero-order valence-electron chi connectivity index (χ0n) is 13.0. The molecular formula is C18H19ClN2O2. The summed E-state index contributed by atoms with van der Waals surface area (Å²) in [5.74, 6) is -0.198. The minimum Gasteiger partial charge on any atom is -0.378 e. The normalized spacial score (nSPS) is 14.6. The Bertz CT molecular complexity index is 712. The maximum atomic E-state index is 12.5. The molecule has 0 aliphatic carbocycles. The van der Waals surface area contributed by atoms with Crippen molar-refractivity contribution in [3.63, 3.8) is 0 Å². The van der Waals surface area contributed by atoms with Crippen LogP contribution in [0, 0.1) is 6.92 Å². The summed E-state index contributed by atoms with van der Waals surface area (Å²) >= 11 is 6.19. The number of carbonyl (C=O) groups excluding carboxylic acids is 1. The number of hydrogen-bond acceptors (Lipinski definition) is 3. The number of hydrogen-bond donors (Lipinski definition) is 1. The van der Waals surface area contributed by atoms with Crippen LogP contribution in [0.4, 0.5) is 11.4 Å². The molecule has 1 N–H and O–H groups in total. The first-order valence-corrected chi connectivity index (χ1v) is 8.02. The van der Waals surface area contributed by atoms with Crippen molar-refractivity contribution >= 4 is 28.9 Å². The van der Waals surface area contributed by atoms with Crippen LogP contribution in [0.1, 0.15) is 15.9 Å². The van der Waals surface area contributed by atoms with E-state index in [9.17, 15) is 4.79 Å². The van der Waals surface area contributed by atoms with E-state index in [0.29, 0.717) is 23.8 Å². The van der Waals surface area contributed by atoms with E-state index < -0.39 is 0 Å². The Kier molecular flexibility index (Phi) is 4.84. The van der Waals surface area contributed by atoms with Crippen LogP contribution < -0.4 is 10.2 Å². The highest BCUT2D eigenvalue weighted by molar-refractivity contribution is 6.34. The monoisotopic (exact) mass is 330 g/mol. The van der Waals surface area contributed by atoms with E-state index in [-0.39, 0.29) is 5.91 Å². The second-order valence-corrected chi connectivity index (χ2v) is 5.96. The highest BCUT2D eigenvalue weighted by Gasteiger charge is 2.17. The van der Waals surface area contributed by atoms with Crippen molar-refractivity contribution in [2.45, 2.75) is 6.92 Å². The summed E-state index contributed by atoms with van der Waals surface area (Å²) < 4.78 is 5.39. The van der Waals surface area contributed by atoms with Crippen molar-refractivity contribution in [2.75, 3.05) is 36.5 Å². The number of aryl methyl sites for hydroxylation is 1. The topological polar surface area (TPSA) is 41.6 Å². The number of benzene rings is 2. The van der Waals surface area contributed by atoms with E-state index in [2.05, 4.69) is 10.2 Å². The molecule has 0 saturated carbocycles. The third-order valence-electron chi connectivity index (χ3n) is 3.87.